The van der Waals surface area contributed by atoms with E-state index < -0.39 is 5.60 Å². The third kappa shape index (κ3) is 6.47. The minimum absolute atomic E-state index is 0.223. The van der Waals surface area contributed by atoms with Gasteiger partial charge in [0.2, 0.25) is 0 Å². The summed E-state index contributed by atoms with van der Waals surface area (Å²) in [6, 6.07) is 0.558. The molecule has 1 rings (SSSR count). The van der Waals surface area contributed by atoms with Gasteiger partial charge in [0.25, 0.3) is 0 Å². The summed E-state index contributed by atoms with van der Waals surface area (Å²) in [5, 5.41) is 7.46. The smallest absolute Gasteiger partial charge is 0.408 e. The second kappa shape index (κ2) is 7.73. The minimum atomic E-state index is -0.456. The number of carbonyl (C=O) groups excluding carboxylic acids is 1. The average molecular weight is 317 g/mol. The Morgan fingerprint density at radius 1 is 1.29 bits per heavy atom. The van der Waals surface area contributed by atoms with E-state index in [9.17, 15) is 4.79 Å². The number of hydrogen-bond donors (Lipinski definition) is 2. The summed E-state index contributed by atoms with van der Waals surface area (Å²) in [6.07, 6.45) is 2.68. The number of rotatable bonds is 6. The lowest BCUT2D eigenvalue weighted by atomic mass is 9.92. The molecule has 5 heteroatoms. The summed E-state index contributed by atoms with van der Waals surface area (Å²) in [5.41, 5.74) is -0.679. The van der Waals surface area contributed by atoms with Crippen molar-refractivity contribution in [3.05, 3.63) is 0 Å². The molecule has 1 heterocycles. The zero-order valence-corrected chi connectivity index (χ0v) is 15.2. The van der Waals surface area contributed by atoms with Gasteiger partial charge in [0.05, 0.1) is 5.54 Å². The van der Waals surface area contributed by atoms with Crippen LogP contribution in [0.1, 0.15) is 60.8 Å². The standard InChI is InChI=1S/C16H32N2O2S/c1-7-16(8-2,18-14(19)20-15(4,5)6)11-17-13-9-12(3)21-10-13/h12-13,17H,7-11H2,1-6H3,(H,18,19). The highest BCUT2D eigenvalue weighted by Crippen LogP contribution is 2.26. The Bertz CT molecular complexity index is 338. The third-order valence-electron chi connectivity index (χ3n) is 4.05. The number of nitrogens with one attached hydrogen (secondary N) is 2. The summed E-state index contributed by atoms with van der Waals surface area (Å²) >= 11 is 2.02. The molecule has 1 saturated heterocycles. The van der Waals surface area contributed by atoms with Gasteiger partial charge in [-0.2, -0.15) is 11.8 Å². The fourth-order valence-electron chi connectivity index (χ4n) is 2.54. The van der Waals surface area contributed by atoms with E-state index in [1.165, 1.54) is 6.42 Å². The van der Waals surface area contributed by atoms with Crippen molar-refractivity contribution in [3.8, 4) is 0 Å². The number of ether oxygens (including phenoxy) is 1. The number of hydrogen-bond acceptors (Lipinski definition) is 4. The maximum absolute atomic E-state index is 12.1. The molecule has 0 aromatic rings. The zero-order chi connectivity index (χ0) is 16.1. The number of carbonyl (C=O) groups is 1. The van der Waals surface area contributed by atoms with E-state index in [0.29, 0.717) is 6.04 Å². The van der Waals surface area contributed by atoms with Crippen LogP contribution in [0.4, 0.5) is 4.79 Å². The van der Waals surface area contributed by atoms with E-state index in [0.717, 1.165) is 30.4 Å². The Morgan fingerprint density at radius 3 is 2.33 bits per heavy atom. The average Bonchev–Trinajstić information content (AvgIpc) is 2.78. The van der Waals surface area contributed by atoms with E-state index in [4.69, 9.17) is 4.74 Å². The van der Waals surface area contributed by atoms with Gasteiger partial charge in [-0.05, 0) is 40.0 Å². The van der Waals surface area contributed by atoms with Gasteiger partial charge in [0.15, 0.2) is 0 Å². The predicted octanol–water partition coefficient (Wildman–Crippen LogP) is 3.55. The molecule has 2 atom stereocenters. The van der Waals surface area contributed by atoms with Gasteiger partial charge in [-0.3, -0.25) is 0 Å². The molecule has 0 bridgehead atoms. The molecule has 2 N–H and O–H groups in total. The molecule has 2 unspecified atom stereocenters. The van der Waals surface area contributed by atoms with E-state index in [-0.39, 0.29) is 11.6 Å². The van der Waals surface area contributed by atoms with Crippen molar-refractivity contribution in [2.24, 2.45) is 0 Å². The Balaban J connectivity index is 2.54. The molecule has 1 aliphatic heterocycles. The van der Waals surface area contributed by atoms with Crippen molar-refractivity contribution in [1.29, 1.82) is 0 Å². The normalized spacial score (nSPS) is 23.1. The maximum atomic E-state index is 12.1. The summed E-state index contributed by atoms with van der Waals surface area (Å²) in [5.74, 6) is 1.16. The largest absolute Gasteiger partial charge is 0.444 e. The minimum Gasteiger partial charge on any atom is -0.444 e. The summed E-state index contributed by atoms with van der Waals surface area (Å²) in [7, 11) is 0. The highest BCUT2D eigenvalue weighted by atomic mass is 32.2. The predicted molar refractivity (Wildman–Crippen MR) is 91.0 cm³/mol. The quantitative estimate of drug-likeness (QED) is 0.787. The van der Waals surface area contributed by atoms with Gasteiger partial charge in [0, 0.05) is 23.6 Å². The first-order chi connectivity index (χ1) is 9.69. The fourth-order valence-corrected chi connectivity index (χ4v) is 3.72. The van der Waals surface area contributed by atoms with Gasteiger partial charge in [-0.1, -0.05) is 20.8 Å². The second-order valence-corrected chi connectivity index (χ2v) is 8.54. The summed E-state index contributed by atoms with van der Waals surface area (Å²) in [6.45, 7) is 13.0. The molecule has 0 spiro atoms. The molecule has 21 heavy (non-hydrogen) atoms. The Labute approximate surface area is 134 Å². The second-order valence-electron chi connectivity index (χ2n) is 7.07. The lowest BCUT2D eigenvalue weighted by Crippen LogP contribution is -2.56. The number of thioether (sulfide) groups is 1. The van der Waals surface area contributed by atoms with Gasteiger partial charge < -0.3 is 15.4 Å². The van der Waals surface area contributed by atoms with Crippen LogP contribution >= 0.6 is 11.8 Å². The van der Waals surface area contributed by atoms with Gasteiger partial charge in [0.1, 0.15) is 5.60 Å². The van der Waals surface area contributed by atoms with Crippen LogP contribution in [-0.2, 0) is 4.74 Å². The van der Waals surface area contributed by atoms with Crippen LogP contribution in [0.15, 0.2) is 0 Å². The zero-order valence-electron chi connectivity index (χ0n) is 14.4. The molecule has 0 aromatic carbocycles. The van der Waals surface area contributed by atoms with Crippen LogP contribution in [0, 0.1) is 0 Å². The van der Waals surface area contributed by atoms with Crippen LogP contribution in [0.25, 0.3) is 0 Å². The van der Waals surface area contributed by atoms with Crippen molar-refractivity contribution in [3.63, 3.8) is 0 Å². The number of alkyl carbamates (subject to hydrolysis) is 1. The van der Waals surface area contributed by atoms with E-state index in [2.05, 4.69) is 31.4 Å². The lowest BCUT2D eigenvalue weighted by molar-refractivity contribution is 0.0444. The third-order valence-corrected chi connectivity index (χ3v) is 5.40. The number of amides is 1. The maximum Gasteiger partial charge on any atom is 0.408 e. The molecule has 1 aliphatic rings. The van der Waals surface area contributed by atoms with Crippen LogP contribution in [0.5, 0.6) is 0 Å². The Morgan fingerprint density at radius 2 is 1.90 bits per heavy atom. The van der Waals surface area contributed by atoms with Gasteiger partial charge in [-0.15, -0.1) is 0 Å². The fraction of sp³-hybridized carbons (Fsp3) is 0.938. The van der Waals surface area contributed by atoms with Crippen LogP contribution < -0.4 is 10.6 Å². The van der Waals surface area contributed by atoms with Crippen molar-refractivity contribution < 1.29 is 9.53 Å². The van der Waals surface area contributed by atoms with Crippen LogP contribution in [0.3, 0.4) is 0 Å². The van der Waals surface area contributed by atoms with Crippen molar-refractivity contribution in [2.45, 2.75) is 83.2 Å². The molecule has 124 valence electrons. The van der Waals surface area contributed by atoms with E-state index >= 15 is 0 Å². The SMILES string of the molecule is CCC(CC)(CNC1CSC(C)C1)NC(=O)OC(C)(C)C. The molecule has 0 aliphatic carbocycles. The highest BCUT2D eigenvalue weighted by Gasteiger charge is 2.32. The highest BCUT2D eigenvalue weighted by molar-refractivity contribution is 8.00. The monoisotopic (exact) mass is 316 g/mol. The first-order valence-corrected chi connectivity index (χ1v) is 9.10. The van der Waals surface area contributed by atoms with Crippen molar-refractivity contribution in [2.75, 3.05) is 12.3 Å². The first kappa shape index (κ1) is 18.6. The molecule has 0 radical (unpaired) electrons. The summed E-state index contributed by atoms with van der Waals surface area (Å²) in [4.78, 5) is 12.1. The Hall–Kier alpha value is -0.420. The van der Waals surface area contributed by atoms with Crippen molar-refractivity contribution in [1.82, 2.24) is 10.6 Å². The van der Waals surface area contributed by atoms with Gasteiger partial charge >= 0.3 is 6.09 Å². The molecule has 1 fully saturated rings. The summed E-state index contributed by atoms with van der Waals surface area (Å²) < 4.78 is 5.40. The van der Waals surface area contributed by atoms with Gasteiger partial charge in [-0.25, -0.2) is 4.79 Å². The molecule has 0 saturated carbocycles. The van der Waals surface area contributed by atoms with E-state index in [1.54, 1.807) is 0 Å². The molecule has 1 amide bonds. The topological polar surface area (TPSA) is 50.4 Å². The van der Waals surface area contributed by atoms with Crippen LogP contribution in [-0.4, -0.2) is 40.8 Å². The van der Waals surface area contributed by atoms with Crippen molar-refractivity contribution >= 4 is 17.9 Å². The van der Waals surface area contributed by atoms with E-state index in [1.807, 2.05) is 32.5 Å². The molecule has 4 nitrogen and oxygen atoms in total. The van der Waals surface area contributed by atoms with Crippen LogP contribution in [0.2, 0.25) is 0 Å². The first-order valence-electron chi connectivity index (χ1n) is 8.06. The molecular weight excluding hydrogens is 284 g/mol. The molecular formula is C16H32N2O2S. The Kier molecular flexibility index (Phi) is 6.85. The lowest BCUT2D eigenvalue weighted by Gasteiger charge is -2.35. The molecule has 0 aromatic heterocycles.